The molecule has 6 nitrogen and oxygen atoms in total. The summed E-state index contributed by atoms with van der Waals surface area (Å²) in [7, 11) is 0. The number of rotatable bonds is 3. The van der Waals surface area contributed by atoms with Crippen LogP contribution < -0.4 is 10.7 Å². The minimum atomic E-state index is -0.442. The van der Waals surface area contributed by atoms with Crippen molar-refractivity contribution < 1.29 is 9.59 Å². The second kappa shape index (κ2) is 6.87. The van der Waals surface area contributed by atoms with E-state index in [-0.39, 0.29) is 23.8 Å². The Morgan fingerprint density at radius 1 is 1.04 bits per heavy atom. The summed E-state index contributed by atoms with van der Waals surface area (Å²) >= 11 is 0. The summed E-state index contributed by atoms with van der Waals surface area (Å²) in [6, 6.07) is 14.2. The number of carbonyl (C=O) groups excluding carboxylic acids is 2. The molecule has 1 aromatic heterocycles. The molecule has 2 heterocycles. The van der Waals surface area contributed by atoms with Gasteiger partial charge in [-0.3, -0.25) is 14.4 Å². The van der Waals surface area contributed by atoms with Gasteiger partial charge in [-0.1, -0.05) is 31.2 Å². The minimum absolute atomic E-state index is 0.0336. The number of benzene rings is 2. The highest BCUT2D eigenvalue weighted by Crippen LogP contribution is 2.20. The van der Waals surface area contributed by atoms with E-state index < -0.39 is 6.04 Å². The molecule has 27 heavy (non-hydrogen) atoms. The number of fused-ring (bicyclic) bond motifs is 2. The Hall–Kier alpha value is -3.15. The molecule has 2 amide bonds. The van der Waals surface area contributed by atoms with E-state index >= 15 is 0 Å². The summed E-state index contributed by atoms with van der Waals surface area (Å²) in [6.07, 6.45) is 0.573. The summed E-state index contributed by atoms with van der Waals surface area (Å²) in [5.41, 5.74) is 1.42. The molecule has 0 saturated carbocycles. The van der Waals surface area contributed by atoms with E-state index in [1.165, 1.54) is 0 Å². The molecule has 0 bridgehead atoms. The summed E-state index contributed by atoms with van der Waals surface area (Å²) in [4.78, 5) is 39.7. The molecule has 6 heteroatoms. The van der Waals surface area contributed by atoms with Crippen molar-refractivity contribution in [3.05, 3.63) is 58.8 Å². The number of pyridine rings is 1. The fraction of sp³-hybridized carbons (Fsp3) is 0.286. The van der Waals surface area contributed by atoms with Crippen molar-refractivity contribution in [2.75, 3.05) is 13.1 Å². The molecular formula is C21H21N3O3. The van der Waals surface area contributed by atoms with Crippen LogP contribution >= 0.6 is 0 Å². The number of hydrogen-bond acceptors (Lipinski definition) is 3. The predicted molar refractivity (Wildman–Crippen MR) is 105 cm³/mol. The largest absolute Gasteiger partial charge is 0.353 e. The number of aromatic nitrogens is 1. The molecule has 1 N–H and O–H groups in total. The third-order valence-electron chi connectivity index (χ3n) is 5.21. The molecule has 1 fully saturated rings. The van der Waals surface area contributed by atoms with Crippen LogP contribution in [0.1, 0.15) is 13.3 Å². The maximum Gasteiger partial charge on any atom is 0.243 e. The van der Waals surface area contributed by atoms with Crippen molar-refractivity contribution >= 4 is 33.6 Å². The van der Waals surface area contributed by atoms with Gasteiger partial charge >= 0.3 is 0 Å². The van der Waals surface area contributed by atoms with Crippen molar-refractivity contribution in [3.63, 3.8) is 0 Å². The van der Waals surface area contributed by atoms with E-state index in [1.54, 1.807) is 17.0 Å². The van der Waals surface area contributed by atoms with Crippen molar-refractivity contribution in [3.8, 4) is 0 Å². The highest BCUT2D eigenvalue weighted by molar-refractivity contribution is 5.95. The minimum Gasteiger partial charge on any atom is -0.353 e. The zero-order chi connectivity index (χ0) is 19.0. The zero-order valence-electron chi connectivity index (χ0n) is 15.1. The van der Waals surface area contributed by atoms with Gasteiger partial charge in [0.15, 0.2) is 5.43 Å². The second-order valence-electron chi connectivity index (χ2n) is 6.75. The van der Waals surface area contributed by atoms with Gasteiger partial charge in [0.2, 0.25) is 11.8 Å². The quantitative estimate of drug-likeness (QED) is 0.723. The lowest BCUT2D eigenvalue weighted by Gasteiger charge is -2.35. The first-order chi connectivity index (χ1) is 13.1. The van der Waals surface area contributed by atoms with Crippen LogP contribution in [0.5, 0.6) is 0 Å². The Morgan fingerprint density at radius 2 is 1.63 bits per heavy atom. The van der Waals surface area contributed by atoms with E-state index in [9.17, 15) is 14.4 Å². The van der Waals surface area contributed by atoms with E-state index in [0.29, 0.717) is 30.3 Å². The van der Waals surface area contributed by atoms with Gasteiger partial charge in [0, 0.05) is 23.9 Å². The maximum atomic E-state index is 13.1. The lowest BCUT2D eigenvalue weighted by atomic mass is 10.1. The molecule has 2 aromatic carbocycles. The van der Waals surface area contributed by atoms with Gasteiger partial charge in [0.05, 0.1) is 11.0 Å². The van der Waals surface area contributed by atoms with Crippen LogP contribution in [-0.4, -0.2) is 40.4 Å². The number of nitrogens with one attached hydrogen (secondary N) is 1. The van der Waals surface area contributed by atoms with Crippen LogP contribution in [0.4, 0.5) is 0 Å². The first-order valence-corrected chi connectivity index (χ1v) is 9.19. The average Bonchev–Trinajstić information content (AvgIpc) is 2.70. The summed E-state index contributed by atoms with van der Waals surface area (Å²) in [5, 5.41) is 4.00. The molecule has 138 valence electrons. The molecule has 1 saturated heterocycles. The van der Waals surface area contributed by atoms with Crippen LogP contribution in [-0.2, 0) is 16.1 Å². The van der Waals surface area contributed by atoms with Crippen molar-refractivity contribution in [1.82, 2.24) is 14.8 Å². The fourth-order valence-corrected chi connectivity index (χ4v) is 3.89. The van der Waals surface area contributed by atoms with Gasteiger partial charge in [0.25, 0.3) is 0 Å². The third kappa shape index (κ3) is 2.87. The van der Waals surface area contributed by atoms with Gasteiger partial charge in [-0.05, 0) is 30.7 Å². The number of carbonyl (C=O) groups is 2. The third-order valence-corrected chi connectivity index (χ3v) is 5.21. The predicted octanol–water partition coefficient (Wildman–Crippen LogP) is 1.89. The molecule has 1 atom stereocenters. The van der Waals surface area contributed by atoms with Gasteiger partial charge in [-0.15, -0.1) is 0 Å². The molecule has 1 aliphatic rings. The Kier molecular flexibility index (Phi) is 4.39. The molecule has 0 radical (unpaired) electrons. The molecular weight excluding hydrogens is 342 g/mol. The van der Waals surface area contributed by atoms with Crippen LogP contribution in [0.3, 0.4) is 0 Å². The van der Waals surface area contributed by atoms with E-state index in [2.05, 4.69) is 5.32 Å². The molecule has 1 unspecified atom stereocenters. The van der Waals surface area contributed by atoms with Crippen molar-refractivity contribution in [2.24, 2.45) is 0 Å². The van der Waals surface area contributed by atoms with Crippen LogP contribution in [0, 0.1) is 0 Å². The van der Waals surface area contributed by atoms with E-state index in [4.69, 9.17) is 0 Å². The number of hydrogen-bond donors (Lipinski definition) is 1. The summed E-state index contributed by atoms with van der Waals surface area (Å²) in [6.45, 7) is 2.96. The van der Waals surface area contributed by atoms with Gasteiger partial charge in [0.1, 0.15) is 12.6 Å². The number of nitrogens with zero attached hydrogens (tertiary/aromatic N) is 2. The Balaban J connectivity index is 1.83. The van der Waals surface area contributed by atoms with Gasteiger partial charge < -0.3 is 14.8 Å². The molecule has 0 aliphatic carbocycles. The highest BCUT2D eigenvalue weighted by atomic mass is 16.2. The average molecular weight is 363 g/mol. The topological polar surface area (TPSA) is 71.4 Å². The fourth-order valence-electron chi connectivity index (χ4n) is 3.89. The normalized spacial score (nSPS) is 17.3. The van der Waals surface area contributed by atoms with Crippen LogP contribution in [0.15, 0.2) is 53.3 Å². The molecule has 1 aliphatic heterocycles. The highest BCUT2D eigenvalue weighted by Gasteiger charge is 2.31. The molecule has 3 aromatic rings. The van der Waals surface area contributed by atoms with Gasteiger partial charge in [-0.2, -0.15) is 0 Å². The summed E-state index contributed by atoms with van der Waals surface area (Å²) < 4.78 is 1.88. The van der Waals surface area contributed by atoms with Gasteiger partial charge in [-0.25, -0.2) is 0 Å². The lowest BCUT2D eigenvalue weighted by Crippen LogP contribution is -2.57. The Morgan fingerprint density at radius 3 is 2.22 bits per heavy atom. The molecule has 0 spiro atoms. The monoisotopic (exact) mass is 363 g/mol. The van der Waals surface area contributed by atoms with Crippen LogP contribution in [0.25, 0.3) is 21.8 Å². The SMILES string of the molecule is CCC1C(=O)NCCN1C(=O)Cn1c2ccccc2c(=O)c2ccccc21. The maximum absolute atomic E-state index is 13.1. The van der Waals surface area contributed by atoms with Crippen molar-refractivity contribution in [2.45, 2.75) is 25.9 Å². The second-order valence-corrected chi connectivity index (χ2v) is 6.75. The lowest BCUT2D eigenvalue weighted by molar-refractivity contribution is -0.143. The Labute approximate surface area is 156 Å². The smallest absolute Gasteiger partial charge is 0.243 e. The van der Waals surface area contributed by atoms with Crippen LogP contribution in [0.2, 0.25) is 0 Å². The number of piperazine rings is 1. The molecule has 4 rings (SSSR count). The number of amides is 2. The number of para-hydroxylation sites is 2. The first kappa shape index (κ1) is 17.3. The van der Waals surface area contributed by atoms with E-state index in [1.807, 2.05) is 47.9 Å². The Bertz CT molecular complexity index is 1040. The first-order valence-electron chi connectivity index (χ1n) is 9.19. The van der Waals surface area contributed by atoms with E-state index in [0.717, 1.165) is 11.0 Å². The van der Waals surface area contributed by atoms with Crippen molar-refractivity contribution in [1.29, 1.82) is 0 Å². The standard InChI is InChI=1S/C21H21N3O3/c1-2-16-21(27)22-11-12-23(16)19(25)13-24-17-9-5-3-7-14(17)20(26)15-8-4-6-10-18(15)24/h3-10,16H,2,11-13H2,1H3,(H,22,27). The zero-order valence-corrected chi connectivity index (χ0v) is 15.1. The summed E-state index contributed by atoms with van der Waals surface area (Å²) in [5.74, 6) is -0.220.